The van der Waals surface area contributed by atoms with Gasteiger partial charge in [0.1, 0.15) is 0 Å². The minimum absolute atomic E-state index is 0.0516. The van der Waals surface area contributed by atoms with Crippen LogP contribution in [0.15, 0.2) is 22.8 Å². The zero-order chi connectivity index (χ0) is 12.3. The molecule has 90 valence electrons. The maximum absolute atomic E-state index is 12.1. The van der Waals surface area contributed by atoms with Crippen molar-refractivity contribution in [3.63, 3.8) is 0 Å². The van der Waals surface area contributed by atoms with E-state index in [-0.39, 0.29) is 17.4 Å². The Bertz CT molecular complexity index is 336. The SMILES string of the molecule is C[C@@H](NC(C)(C)C)C(=O)C1=CCC=C(Cl)C1. The highest BCUT2D eigenvalue weighted by atomic mass is 35.5. The molecule has 0 aromatic heterocycles. The number of allylic oxidation sites excluding steroid dienone is 3. The summed E-state index contributed by atoms with van der Waals surface area (Å²) in [7, 11) is 0. The molecule has 0 fully saturated rings. The van der Waals surface area contributed by atoms with Crippen LogP contribution in [0.3, 0.4) is 0 Å². The monoisotopic (exact) mass is 241 g/mol. The van der Waals surface area contributed by atoms with Crippen LogP contribution in [-0.2, 0) is 4.79 Å². The fraction of sp³-hybridized carbons (Fsp3) is 0.615. The molecule has 0 spiro atoms. The van der Waals surface area contributed by atoms with E-state index in [1.165, 1.54) is 0 Å². The molecular formula is C13H20ClNO. The van der Waals surface area contributed by atoms with E-state index in [9.17, 15) is 4.79 Å². The third-order valence-electron chi connectivity index (χ3n) is 2.42. The Morgan fingerprint density at radius 2 is 2.06 bits per heavy atom. The van der Waals surface area contributed by atoms with Crippen LogP contribution >= 0.6 is 11.6 Å². The molecule has 0 aliphatic heterocycles. The summed E-state index contributed by atoms with van der Waals surface area (Å²) in [5.74, 6) is 0.154. The molecule has 0 aromatic rings. The van der Waals surface area contributed by atoms with E-state index in [4.69, 9.17) is 11.6 Å². The second kappa shape index (κ2) is 5.15. The maximum Gasteiger partial charge on any atom is 0.175 e. The van der Waals surface area contributed by atoms with Crippen LogP contribution in [0.5, 0.6) is 0 Å². The van der Waals surface area contributed by atoms with Gasteiger partial charge in [0, 0.05) is 17.0 Å². The summed E-state index contributed by atoms with van der Waals surface area (Å²) in [5.41, 5.74) is 0.779. The zero-order valence-corrected chi connectivity index (χ0v) is 11.2. The topological polar surface area (TPSA) is 29.1 Å². The molecule has 0 aromatic carbocycles. The average Bonchev–Trinajstić information content (AvgIpc) is 2.14. The van der Waals surface area contributed by atoms with Crippen LogP contribution < -0.4 is 5.32 Å². The summed E-state index contributed by atoms with van der Waals surface area (Å²) in [6.07, 6.45) is 5.26. The minimum atomic E-state index is -0.159. The van der Waals surface area contributed by atoms with E-state index < -0.39 is 0 Å². The normalized spacial score (nSPS) is 18.8. The quantitative estimate of drug-likeness (QED) is 0.822. The van der Waals surface area contributed by atoms with Gasteiger partial charge in [0.15, 0.2) is 5.78 Å². The Labute approximate surface area is 103 Å². The van der Waals surface area contributed by atoms with E-state index in [1.54, 1.807) is 0 Å². The van der Waals surface area contributed by atoms with Gasteiger partial charge in [-0.2, -0.15) is 0 Å². The van der Waals surface area contributed by atoms with Gasteiger partial charge < -0.3 is 5.32 Å². The summed E-state index contributed by atoms with van der Waals surface area (Å²) in [6.45, 7) is 8.07. The van der Waals surface area contributed by atoms with Crippen molar-refractivity contribution in [2.75, 3.05) is 0 Å². The van der Waals surface area contributed by atoms with Crippen LogP contribution in [0.2, 0.25) is 0 Å². The Balaban J connectivity index is 2.61. The third kappa shape index (κ3) is 4.11. The van der Waals surface area contributed by atoms with Gasteiger partial charge in [0.2, 0.25) is 0 Å². The number of ketones is 1. The van der Waals surface area contributed by atoms with Gasteiger partial charge >= 0.3 is 0 Å². The molecule has 0 amide bonds. The fourth-order valence-corrected chi connectivity index (χ4v) is 2.07. The number of hydrogen-bond acceptors (Lipinski definition) is 2. The van der Waals surface area contributed by atoms with Gasteiger partial charge in [0.05, 0.1) is 6.04 Å². The van der Waals surface area contributed by atoms with Crippen LogP contribution in [-0.4, -0.2) is 17.4 Å². The lowest BCUT2D eigenvalue weighted by Gasteiger charge is -2.26. The molecule has 1 aliphatic rings. The first-order chi connectivity index (χ1) is 7.29. The average molecular weight is 242 g/mol. The van der Waals surface area contributed by atoms with Crippen molar-refractivity contribution in [3.8, 4) is 0 Å². The molecule has 0 bridgehead atoms. The zero-order valence-electron chi connectivity index (χ0n) is 10.4. The lowest BCUT2D eigenvalue weighted by molar-refractivity contribution is -0.117. The van der Waals surface area contributed by atoms with Crippen molar-refractivity contribution in [1.29, 1.82) is 0 Å². The molecule has 1 aliphatic carbocycles. The van der Waals surface area contributed by atoms with Crippen LogP contribution in [0.1, 0.15) is 40.5 Å². The lowest BCUT2D eigenvalue weighted by Crippen LogP contribution is -2.46. The highest BCUT2D eigenvalue weighted by Gasteiger charge is 2.23. The first-order valence-electron chi connectivity index (χ1n) is 5.65. The number of halogens is 1. The van der Waals surface area contributed by atoms with Gasteiger partial charge in [-0.15, -0.1) is 0 Å². The molecule has 16 heavy (non-hydrogen) atoms. The number of carbonyl (C=O) groups is 1. The predicted molar refractivity (Wildman–Crippen MR) is 68.6 cm³/mol. The number of hydrogen-bond donors (Lipinski definition) is 1. The van der Waals surface area contributed by atoms with E-state index >= 15 is 0 Å². The van der Waals surface area contributed by atoms with Crippen molar-refractivity contribution >= 4 is 17.4 Å². The summed E-state index contributed by atoms with van der Waals surface area (Å²) in [5, 5.41) is 4.05. The molecular weight excluding hydrogens is 222 g/mol. The first-order valence-corrected chi connectivity index (χ1v) is 6.03. The molecule has 1 N–H and O–H groups in total. The van der Waals surface area contributed by atoms with E-state index in [1.807, 2.05) is 19.1 Å². The molecule has 0 unspecified atom stereocenters. The molecule has 0 saturated heterocycles. The van der Waals surface area contributed by atoms with Gasteiger partial charge in [-0.25, -0.2) is 0 Å². The van der Waals surface area contributed by atoms with E-state index in [0.29, 0.717) is 6.42 Å². The van der Waals surface area contributed by atoms with Gasteiger partial charge in [-0.1, -0.05) is 23.8 Å². The van der Waals surface area contributed by atoms with Crippen molar-refractivity contribution in [2.24, 2.45) is 0 Å². The van der Waals surface area contributed by atoms with Crippen LogP contribution in [0.25, 0.3) is 0 Å². The molecule has 1 rings (SSSR count). The highest BCUT2D eigenvalue weighted by molar-refractivity contribution is 6.30. The molecule has 0 radical (unpaired) electrons. The third-order valence-corrected chi connectivity index (χ3v) is 2.71. The standard InChI is InChI=1S/C13H20ClNO/c1-9(15-13(2,3)4)12(16)10-6-5-7-11(14)8-10/h6-7,9,15H,5,8H2,1-4H3/t9-/m1/s1. The van der Waals surface area contributed by atoms with Gasteiger partial charge in [-0.05, 0) is 39.7 Å². The molecule has 0 saturated carbocycles. The molecule has 2 nitrogen and oxygen atoms in total. The van der Waals surface area contributed by atoms with Crippen LogP contribution in [0, 0.1) is 0 Å². The maximum atomic E-state index is 12.1. The Morgan fingerprint density at radius 3 is 2.56 bits per heavy atom. The lowest BCUT2D eigenvalue weighted by atomic mass is 9.96. The van der Waals surface area contributed by atoms with Gasteiger partial charge in [0.25, 0.3) is 0 Å². The molecule has 1 atom stereocenters. The van der Waals surface area contributed by atoms with Crippen molar-refractivity contribution in [2.45, 2.75) is 52.1 Å². The fourth-order valence-electron chi connectivity index (χ4n) is 1.84. The van der Waals surface area contributed by atoms with Crippen LogP contribution in [0.4, 0.5) is 0 Å². The summed E-state index contributed by atoms with van der Waals surface area (Å²) in [4.78, 5) is 12.1. The summed E-state index contributed by atoms with van der Waals surface area (Å²) < 4.78 is 0. The van der Waals surface area contributed by atoms with Crippen molar-refractivity contribution < 1.29 is 4.79 Å². The predicted octanol–water partition coefficient (Wildman–Crippen LogP) is 3.18. The first kappa shape index (κ1) is 13.5. The van der Waals surface area contributed by atoms with E-state index in [0.717, 1.165) is 17.0 Å². The van der Waals surface area contributed by atoms with Crippen molar-refractivity contribution in [1.82, 2.24) is 5.32 Å². The smallest absolute Gasteiger partial charge is 0.175 e. The van der Waals surface area contributed by atoms with Crippen molar-refractivity contribution in [3.05, 3.63) is 22.8 Å². The second-order valence-electron chi connectivity index (χ2n) is 5.27. The van der Waals surface area contributed by atoms with Gasteiger partial charge in [-0.3, -0.25) is 4.79 Å². The Kier molecular flexibility index (Phi) is 4.34. The summed E-state index contributed by atoms with van der Waals surface area (Å²) >= 11 is 5.94. The number of rotatable bonds is 3. The Hall–Kier alpha value is -0.600. The molecule has 3 heteroatoms. The minimum Gasteiger partial charge on any atom is -0.303 e. The molecule has 0 heterocycles. The van der Waals surface area contributed by atoms with E-state index in [2.05, 4.69) is 26.1 Å². The number of nitrogens with one attached hydrogen (secondary N) is 1. The number of carbonyl (C=O) groups excluding carboxylic acids is 1. The largest absolute Gasteiger partial charge is 0.303 e. The second-order valence-corrected chi connectivity index (χ2v) is 5.76. The highest BCUT2D eigenvalue weighted by Crippen LogP contribution is 2.23. The summed E-state index contributed by atoms with van der Waals surface area (Å²) in [6, 6.07) is -0.159. The number of Topliss-reactive ketones (excluding diaryl/α,β-unsaturated/α-hetero) is 1. The Morgan fingerprint density at radius 1 is 1.44 bits per heavy atom.